The maximum Gasteiger partial charge on any atom is 0.0917 e. The summed E-state index contributed by atoms with van der Waals surface area (Å²) in [5.41, 5.74) is 4.51. The van der Waals surface area contributed by atoms with Crippen molar-refractivity contribution in [2.75, 3.05) is 31.1 Å². The number of nitrogens with one attached hydrogen (secondary N) is 1. The molecule has 0 saturated carbocycles. The second kappa shape index (κ2) is 4.90. The zero-order valence-electron chi connectivity index (χ0n) is 11.9. The summed E-state index contributed by atoms with van der Waals surface area (Å²) in [6.07, 6.45) is 0. The van der Waals surface area contributed by atoms with Crippen LogP contribution in [0.3, 0.4) is 0 Å². The van der Waals surface area contributed by atoms with Crippen LogP contribution in [0.4, 0.5) is 5.69 Å². The van der Waals surface area contributed by atoms with Crippen molar-refractivity contribution in [3.05, 3.63) is 28.8 Å². The molecule has 18 heavy (non-hydrogen) atoms. The van der Waals surface area contributed by atoms with Crippen LogP contribution in [0, 0.1) is 20.8 Å². The van der Waals surface area contributed by atoms with Gasteiger partial charge in [-0.1, -0.05) is 17.7 Å². The zero-order chi connectivity index (χ0) is 13.3. The normalized spacial score (nSPS) is 25.1. The third-order valence-corrected chi connectivity index (χ3v) is 3.55. The lowest BCUT2D eigenvalue weighted by atomic mass is 10.0. The third kappa shape index (κ3) is 2.85. The fourth-order valence-corrected chi connectivity index (χ4v) is 2.98. The molecule has 1 aliphatic rings. The van der Waals surface area contributed by atoms with Crippen molar-refractivity contribution >= 4 is 5.69 Å². The molecule has 100 valence electrons. The molecule has 1 atom stereocenters. The van der Waals surface area contributed by atoms with Crippen LogP contribution in [0.25, 0.3) is 0 Å². The summed E-state index contributed by atoms with van der Waals surface area (Å²) in [6.45, 7) is 11.5. The van der Waals surface area contributed by atoms with Gasteiger partial charge in [0.15, 0.2) is 0 Å². The molecule has 1 heterocycles. The summed E-state index contributed by atoms with van der Waals surface area (Å²) in [4.78, 5) is 2.31. The number of hydrogen-bond donors (Lipinski definition) is 2. The molecule has 0 radical (unpaired) electrons. The number of nitrogens with zero attached hydrogens (tertiary/aromatic N) is 1. The van der Waals surface area contributed by atoms with Gasteiger partial charge < -0.3 is 15.3 Å². The van der Waals surface area contributed by atoms with Gasteiger partial charge in [-0.2, -0.15) is 0 Å². The van der Waals surface area contributed by atoms with Crippen LogP contribution < -0.4 is 10.2 Å². The Morgan fingerprint density at radius 1 is 1.22 bits per heavy atom. The molecule has 2 N–H and O–H groups in total. The number of benzene rings is 1. The molecule has 1 fully saturated rings. The molecule has 1 saturated heterocycles. The quantitative estimate of drug-likeness (QED) is 0.795. The zero-order valence-corrected chi connectivity index (χ0v) is 11.9. The fraction of sp³-hybridized carbons (Fsp3) is 0.600. The Kier molecular flexibility index (Phi) is 3.64. The van der Waals surface area contributed by atoms with E-state index in [0.29, 0.717) is 13.1 Å². The molecule has 0 aromatic heterocycles. The van der Waals surface area contributed by atoms with Crippen molar-refractivity contribution in [3.63, 3.8) is 0 Å². The molecular weight excluding hydrogens is 224 g/mol. The van der Waals surface area contributed by atoms with Gasteiger partial charge in [0.1, 0.15) is 0 Å². The minimum Gasteiger partial charge on any atom is -0.387 e. The first-order valence-corrected chi connectivity index (χ1v) is 6.65. The average molecular weight is 248 g/mol. The minimum atomic E-state index is -0.666. The second-order valence-electron chi connectivity index (χ2n) is 5.84. The second-order valence-corrected chi connectivity index (χ2v) is 5.84. The lowest BCUT2D eigenvalue weighted by Crippen LogP contribution is -2.43. The number of β-amino-alcohol motifs (C(OH)–C–C–N with tert-alkyl or cyclic N) is 1. The van der Waals surface area contributed by atoms with Gasteiger partial charge >= 0.3 is 0 Å². The van der Waals surface area contributed by atoms with E-state index >= 15 is 0 Å². The maximum absolute atomic E-state index is 10.3. The van der Waals surface area contributed by atoms with E-state index in [9.17, 15) is 5.11 Å². The highest BCUT2D eigenvalue weighted by Crippen LogP contribution is 2.28. The van der Waals surface area contributed by atoms with Crippen molar-refractivity contribution in [2.45, 2.75) is 33.3 Å². The number of aryl methyl sites for hydroxylation is 3. The Balaban J connectivity index is 2.35. The summed E-state index contributed by atoms with van der Waals surface area (Å²) in [5, 5.41) is 13.6. The maximum atomic E-state index is 10.3. The van der Waals surface area contributed by atoms with Gasteiger partial charge in [0, 0.05) is 31.9 Å². The third-order valence-electron chi connectivity index (χ3n) is 3.55. The Labute approximate surface area is 110 Å². The summed E-state index contributed by atoms with van der Waals surface area (Å²) in [5.74, 6) is 0. The molecule has 2 rings (SSSR count). The van der Waals surface area contributed by atoms with E-state index in [0.717, 1.165) is 13.1 Å². The standard InChI is InChI=1S/C15H24N2O/c1-11-7-12(2)14(13(3)8-11)17-6-5-16-9-15(4,18)10-17/h7-8,16,18H,5-6,9-10H2,1-4H3. The van der Waals surface area contributed by atoms with Crippen molar-refractivity contribution in [1.29, 1.82) is 0 Å². The van der Waals surface area contributed by atoms with E-state index in [1.165, 1.54) is 22.4 Å². The monoisotopic (exact) mass is 248 g/mol. The molecule has 1 aliphatic heterocycles. The van der Waals surface area contributed by atoms with Crippen LogP contribution in [-0.4, -0.2) is 36.9 Å². The van der Waals surface area contributed by atoms with E-state index in [1.807, 2.05) is 6.92 Å². The van der Waals surface area contributed by atoms with Crippen LogP contribution in [0.5, 0.6) is 0 Å². The van der Waals surface area contributed by atoms with Gasteiger partial charge in [-0.05, 0) is 38.8 Å². The lowest BCUT2D eigenvalue weighted by Gasteiger charge is -2.32. The summed E-state index contributed by atoms with van der Waals surface area (Å²) in [7, 11) is 0. The fourth-order valence-electron chi connectivity index (χ4n) is 2.98. The number of hydrogen-bond acceptors (Lipinski definition) is 3. The Hall–Kier alpha value is -1.06. The van der Waals surface area contributed by atoms with Gasteiger partial charge in [-0.3, -0.25) is 0 Å². The molecule has 0 spiro atoms. The van der Waals surface area contributed by atoms with Crippen LogP contribution in [-0.2, 0) is 0 Å². The van der Waals surface area contributed by atoms with E-state index in [1.54, 1.807) is 0 Å². The lowest BCUT2D eigenvalue weighted by molar-refractivity contribution is 0.0729. The largest absolute Gasteiger partial charge is 0.387 e. The van der Waals surface area contributed by atoms with Gasteiger partial charge in [0.25, 0.3) is 0 Å². The first-order chi connectivity index (χ1) is 8.39. The van der Waals surface area contributed by atoms with Gasteiger partial charge in [0.05, 0.1) is 5.60 Å². The van der Waals surface area contributed by atoms with E-state index < -0.39 is 5.60 Å². The topological polar surface area (TPSA) is 35.5 Å². The highest BCUT2D eigenvalue weighted by Gasteiger charge is 2.27. The molecule has 0 bridgehead atoms. The van der Waals surface area contributed by atoms with Crippen LogP contribution in [0.2, 0.25) is 0 Å². The number of aliphatic hydroxyl groups is 1. The van der Waals surface area contributed by atoms with Crippen LogP contribution >= 0.6 is 0 Å². The van der Waals surface area contributed by atoms with Crippen molar-refractivity contribution in [1.82, 2.24) is 5.32 Å². The first kappa shape index (κ1) is 13.4. The van der Waals surface area contributed by atoms with Crippen molar-refractivity contribution < 1.29 is 5.11 Å². The molecule has 3 heteroatoms. The van der Waals surface area contributed by atoms with Crippen LogP contribution in [0.15, 0.2) is 12.1 Å². The van der Waals surface area contributed by atoms with Crippen LogP contribution in [0.1, 0.15) is 23.6 Å². The van der Waals surface area contributed by atoms with Crippen molar-refractivity contribution in [2.24, 2.45) is 0 Å². The average Bonchev–Trinajstić information content (AvgIpc) is 2.37. The highest BCUT2D eigenvalue weighted by molar-refractivity contribution is 5.60. The number of anilines is 1. The van der Waals surface area contributed by atoms with Gasteiger partial charge in [-0.25, -0.2) is 0 Å². The van der Waals surface area contributed by atoms with E-state index in [2.05, 4.69) is 43.1 Å². The molecule has 1 aromatic carbocycles. The summed E-state index contributed by atoms with van der Waals surface area (Å²) < 4.78 is 0. The first-order valence-electron chi connectivity index (χ1n) is 6.65. The van der Waals surface area contributed by atoms with Crippen molar-refractivity contribution in [3.8, 4) is 0 Å². The van der Waals surface area contributed by atoms with Gasteiger partial charge in [-0.15, -0.1) is 0 Å². The molecule has 1 aromatic rings. The molecule has 1 unspecified atom stereocenters. The molecule has 0 aliphatic carbocycles. The smallest absolute Gasteiger partial charge is 0.0917 e. The minimum absolute atomic E-state index is 0.660. The Bertz CT molecular complexity index is 417. The molecule has 0 amide bonds. The number of rotatable bonds is 1. The Morgan fingerprint density at radius 3 is 2.44 bits per heavy atom. The van der Waals surface area contributed by atoms with E-state index in [-0.39, 0.29) is 0 Å². The van der Waals surface area contributed by atoms with E-state index in [4.69, 9.17) is 0 Å². The predicted molar refractivity (Wildman–Crippen MR) is 76.4 cm³/mol. The summed E-state index contributed by atoms with van der Waals surface area (Å²) in [6, 6.07) is 4.44. The predicted octanol–water partition coefficient (Wildman–Crippen LogP) is 1.77. The SMILES string of the molecule is Cc1cc(C)c(N2CCNCC(C)(O)C2)c(C)c1. The summed E-state index contributed by atoms with van der Waals surface area (Å²) >= 11 is 0. The van der Waals surface area contributed by atoms with Gasteiger partial charge in [0.2, 0.25) is 0 Å². The molecule has 3 nitrogen and oxygen atoms in total. The highest BCUT2D eigenvalue weighted by atomic mass is 16.3. The Morgan fingerprint density at radius 2 is 1.83 bits per heavy atom. The molecular formula is C15H24N2O.